The predicted molar refractivity (Wildman–Crippen MR) is 84.9 cm³/mol. The van der Waals surface area contributed by atoms with Crippen molar-refractivity contribution >= 4 is 21.6 Å². The molecule has 1 saturated heterocycles. The lowest BCUT2D eigenvalue weighted by molar-refractivity contribution is 0.241. The molecule has 0 amide bonds. The summed E-state index contributed by atoms with van der Waals surface area (Å²) in [5.74, 6) is 0. The van der Waals surface area contributed by atoms with Crippen LogP contribution in [0.4, 0.5) is 5.69 Å². The molecular weight excluding hydrogens is 314 g/mol. The summed E-state index contributed by atoms with van der Waals surface area (Å²) in [5.41, 5.74) is 2.09. The third-order valence-corrected chi connectivity index (χ3v) is 5.38. The van der Waals surface area contributed by atoms with Gasteiger partial charge in [-0.1, -0.05) is 25.3 Å². The van der Waals surface area contributed by atoms with E-state index in [0.717, 1.165) is 35.4 Å². The van der Waals surface area contributed by atoms with Crippen LogP contribution < -0.4 is 10.2 Å². The highest BCUT2D eigenvalue weighted by molar-refractivity contribution is 9.10. The largest absolute Gasteiger partial charge is 0.362 e. The van der Waals surface area contributed by atoms with E-state index in [-0.39, 0.29) is 5.54 Å². The summed E-state index contributed by atoms with van der Waals surface area (Å²) < 4.78 is 0.905. The normalized spacial score (nSPS) is 21.7. The van der Waals surface area contributed by atoms with Crippen molar-refractivity contribution in [2.75, 3.05) is 24.5 Å². The van der Waals surface area contributed by atoms with Crippen molar-refractivity contribution in [2.24, 2.45) is 0 Å². The minimum atomic E-state index is 0.211. The maximum absolute atomic E-state index is 9.49. The second kappa shape index (κ2) is 5.75. The number of piperazine rings is 1. The molecule has 0 aromatic heterocycles. The molecule has 106 valence electrons. The van der Waals surface area contributed by atoms with Gasteiger partial charge in [-0.05, 0) is 40.9 Å². The minimum absolute atomic E-state index is 0.211. The molecule has 0 bridgehead atoms. The zero-order chi connectivity index (χ0) is 14.0. The summed E-state index contributed by atoms with van der Waals surface area (Å²) in [6.45, 7) is 3.04. The third kappa shape index (κ3) is 2.34. The standard InChI is InChI=1S/C16H20BrN3/c17-14-5-4-6-15(13(14)11-18)20-10-9-19-12-16(20)7-2-1-3-8-16/h4-6,19H,1-3,7-10,12H2. The molecule has 2 fully saturated rings. The molecule has 1 saturated carbocycles. The molecule has 1 spiro atoms. The van der Waals surface area contributed by atoms with Gasteiger partial charge in [0, 0.05) is 24.1 Å². The molecule has 1 heterocycles. The van der Waals surface area contributed by atoms with E-state index in [0.29, 0.717) is 0 Å². The van der Waals surface area contributed by atoms with Crippen molar-refractivity contribution in [3.8, 4) is 6.07 Å². The number of rotatable bonds is 1. The average molecular weight is 334 g/mol. The van der Waals surface area contributed by atoms with Crippen LogP contribution in [0.15, 0.2) is 22.7 Å². The lowest BCUT2D eigenvalue weighted by atomic mass is 9.78. The van der Waals surface area contributed by atoms with E-state index in [9.17, 15) is 5.26 Å². The highest BCUT2D eigenvalue weighted by Crippen LogP contribution is 2.40. The van der Waals surface area contributed by atoms with Crippen LogP contribution in [0.3, 0.4) is 0 Å². The van der Waals surface area contributed by atoms with E-state index < -0.39 is 0 Å². The van der Waals surface area contributed by atoms with E-state index in [1.165, 1.54) is 32.1 Å². The van der Waals surface area contributed by atoms with Crippen molar-refractivity contribution in [2.45, 2.75) is 37.6 Å². The minimum Gasteiger partial charge on any atom is -0.362 e. The zero-order valence-electron chi connectivity index (χ0n) is 11.7. The van der Waals surface area contributed by atoms with Gasteiger partial charge in [0.05, 0.1) is 16.8 Å². The fraction of sp³-hybridized carbons (Fsp3) is 0.562. The summed E-state index contributed by atoms with van der Waals surface area (Å²) in [6, 6.07) is 8.47. The summed E-state index contributed by atoms with van der Waals surface area (Å²) >= 11 is 3.52. The van der Waals surface area contributed by atoms with Crippen LogP contribution in [0, 0.1) is 11.3 Å². The fourth-order valence-corrected chi connectivity index (χ4v) is 4.17. The molecule has 0 unspecified atom stereocenters. The molecule has 0 atom stereocenters. The van der Waals surface area contributed by atoms with Crippen LogP contribution in [0.1, 0.15) is 37.7 Å². The van der Waals surface area contributed by atoms with E-state index >= 15 is 0 Å². The molecule has 1 N–H and O–H groups in total. The third-order valence-electron chi connectivity index (χ3n) is 4.72. The molecule has 20 heavy (non-hydrogen) atoms. The number of benzene rings is 1. The Balaban J connectivity index is 2.02. The molecule has 4 heteroatoms. The molecule has 2 aliphatic rings. The molecule has 1 aromatic rings. The monoisotopic (exact) mass is 333 g/mol. The fourth-order valence-electron chi connectivity index (χ4n) is 3.73. The Labute approximate surface area is 129 Å². The summed E-state index contributed by atoms with van der Waals surface area (Å²) in [7, 11) is 0. The average Bonchev–Trinajstić information content (AvgIpc) is 2.48. The van der Waals surface area contributed by atoms with Gasteiger partial charge in [0.15, 0.2) is 0 Å². The smallest absolute Gasteiger partial charge is 0.103 e. The van der Waals surface area contributed by atoms with Crippen LogP contribution in [-0.2, 0) is 0 Å². The SMILES string of the molecule is N#Cc1c(Br)cccc1N1CCNCC12CCCCC2. The van der Waals surface area contributed by atoms with E-state index in [2.05, 4.69) is 38.3 Å². The maximum Gasteiger partial charge on any atom is 0.103 e. The Morgan fingerprint density at radius 3 is 2.80 bits per heavy atom. The Hall–Kier alpha value is -1.05. The first-order valence-electron chi connectivity index (χ1n) is 7.44. The molecule has 1 aromatic carbocycles. The summed E-state index contributed by atoms with van der Waals surface area (Å²) in [6.07, 6.45) is 6.41. The number of nitriles is 1. The van der Waals surface area contributed by atoms with Gasteiger partial charge in [0.25, 0.3) is 0 Å². The van der Waals surface area contributed by atoms with Gasteiger partial charge in [-0.3, -0.25) is 0 Å². The van der Waals surface area contributed by atoms with Crippen LogP contribution >= 0.6 is 15.9 Å². The van der Waals surface area contributed by atoms with Crippen LogP contribution in [0.5, 0.6) is 0 Å². The van der Waals surface area contributed by atoms with Crippen molar-refractivity contribution in [3.63, 3.8) is 0 Å². The predicted octanol–water partition coefficient (Wildman–Crippen LogP) is 3.43. The number of halogens is 1. The van der Waals surface area contributed by atoms with Gasteiger partial charge in [-0.25, -0.2) is 0 Å². The van der Waals surface area contributed by atoms with E-state index in [1.54, 1.807) is 0 Å². The molecular formula is C16H20BrN3. The van der Waals surface area contributed by atoms with Gasteiger partial charge in [-0.15, -0.1) is 0 Å². The lowest BCUT2D eigenvalue weighted by Crippen LogP contribution is -2.62. The van der Waals surface area contributed by atoms with Crippen LogP contribution in [-0.4, -0.2) is 25.2 Å². The molecule has 3 nitrogen and oxygen atoms in total. The molecule has 0 radical (unpaired) electrons. The Bertz CT molecular complexity index is 521. The summed E-state index contributed by atoms with van der Waals surface area (Å²) in [4.78, 5) is 2.51. The lowest BCUT2D eigenvalue weighted by Gasteiger charge is -2.51. The molecule has 1 aliphatic carbocycles. The van der Waals surface area contributed by atoms with Crippen LogP contribution in [0.2, 0.25) is 0 Å². The number of hydrogen-bond acceptors (Lipinski definition) is 3. The highest BCUT2D eigenvalue weighted by Gasteiger charge is 2.40. The van der Waals surface area contributed by atoms with E-state index in [1.807, 2.05) is 12.1 Å². The van der Waals surface area contributed by atoms with Gasteiger partial charge >= 0.3 is 0 Å². The first-order chi connectivity index (χ1) is 9.77. The second-order valence-corrected chi connectivity index (χ2v) is 6.71. The maximum atomic E-state index is 9.49. The highest BCUT2D eigenvalue weighted by atomic mass is 79.9. The van der Waals surface area contributed by atoms with Gasteiger partial charge in [0.1, 0.15) is 6.07 Å². The van der Waals surface area contributed by atoms with E-state index in [4.69, 9.17) is 0 Å². The number of anilines is 1. The van der Waals surface area contributed by atoms with Crippen LogP contribution in [0.25, 0.3) is 0 Å². The number of hydrogen-bond donors (Lipinski definition) is 1. The second-order valence-electron chi connectivity index (χ2n) is 5.86. The Morgan fingerprint density at radius 2 is 2.05 bits per heavy atom. The first-order valence-corrected chi connectivity index (χ1v) is 8.23. The first kappa shape index (κ1) is 13.9. The molecule has 3 rings (SSSR count). The zero-order valence-corrected chi connectivity index (χ0v) is 13.2. The van der Waals surface area contributed by atoms with Crippen molar-refractivity contribution < 1.29 is 0 Å². The number of nitrogens with one attached hydrogen (secondary N) is 1. The van der Waals surface area contributed by atoms with Crippen molar-refractivity contribution in [1.29, 1.82) is 5.26 Å². The number of nitrogens with zero attached hydrogens (tertiary/aromatic N) is 2. The van der Waals surface area contributed by atoms with Gasteiger partial charge < -0.3 is 10.2 Å². The Kier molecular flexibility index (Phi) is 4.00. The van der Waals surface area contributed by atoms with Crippen molar-refractivity contribution in [1.82, 2.24) is 5.32 Å². The van der Waals surface area contributed by atoms with Crippen molar-refractivity contribution in [3.05, 3.63) is 28.2 Å². The van der Waals surface area contributed by atoms with Gasteiger partial charge in [0.2, 0.25) is 0 Å². The van der Waals surface area contributed by atoms with Gasteiger partial charge in [-0.2, -0.15) is 5.26 Å². The Morgan fingerprint density at radius 1 is 1.25 bits per heavy atom. The quantitative estimate of drug-likeness (QED) is 0.855. The topological polar surface area (TPSA) is 39.1 Å². The summed E-state index contributed by atoms with van der Waals surface area (Å²) in [5, 5.41) is 13.1. The molecule has 1 aliphatic heterocycles.